The van der Waals surface area contributed by atoms with Gasteiger partial charge in [-0.05, 0) is 94.2 Å². The van der Waals surface area contributed by atoms with Gasteiger partial charge in [-0.2, -0.15) is 0 Å². The average molecular weight is 518 g/mol. The predicted molar refractivity (Wildman–Crippen MR) is 147 cm³/mol. The summed E-state index contributed by atoms with van der Waals surface area (Å²) >= 11 is 0. The largest absolute Gasteiger partial charge is 0.331 e. The normalized spacial score (nSPS) is 17.7. The molecule has 2 fully saturated rings. The van der Waals surface area contributed by atoms with E-state index < -0.39 is 0 Å². The SMILES string of the molecule is Cc1ccnc(C(=O)CC2CCCN(C(=O)Nc3ccc4c(c3)c(=O)n(CC3CC3)c(=O)n4C(C)C)C2)c1. The minimum absolute atomic E-state index is 0.00540. The Morgan fingerprint density at radius 3 is 2.58 bits per heavy atom. The molecule has 9 heteroatoms. The Hall–Kier alpha value is -3.75. The molecule has 2 amide bonds. The first kappa shape index (κ1) is 25.9. The minimum Gasteiger partial charge on any atom is -0.324 e. The van der Waals surface area contributed by atoms with Crippen LogP contribution in [0.2, 0.25) is 0 Å². The molecule has 1 N–H and O–H groups in total. The van der Waals surface area contributed by atoms with Gasteiger partial charge in [-0.3, -0.25) is 23.7 Å². The van der Waals surface area contributed by atoms with Crippen molar-refractivity contribution < 1.29 is 9.59 Å². The Kier molecular flexibility index (Phi) is 7.19. The molecule has 200 valence electrons. The summed E-state index contributed by atoms with van der Waals surface area (Å²) in [5.41, 5.74) is 1.94. The molecule has 1 aromatic carbocycles. The molecule has 3 heterocycles. The number of carbonyl (C=O) groups excluding carboxylic acids is 2. The number of pyridine rings is 1. The van der Waals surface area contributed by atoms with Crippen molar-refractivity contribution >= 4 is 28.4 Å². The van der Waals surface area contributed by atoms with Gasteiger partial charge in [-0.25, -0.2) is 9.59 Å². The van der Waals surface area contributed by atoms with E-state index in [2.05, 4.69) is 10.3 Å². The number of aromatic nitrogens is 3. The first-order valence-corrected chi connectivity index (χ1v) is 13.5. The number of benzene rings is 1. The maximum absolute atomic E-state index is 13.3. The third-order valence-electron chi connectivity index (χ3n) is 7.56. The van der Waals surface area contributed by atoms with Gasteiger partial charge in [0.1, 0.15) is 5.69 Å². The van der Waals surface area contributed by atoms with Crippen molar-refractivity contribution in [2.75, 3.05) is 18.4 Å². The zero-order chi connectivity index (χ0) is 27.0. The number of nitrogens with zero attached hydrogens (tertiary/aromatic N) is 4. The van der Waals surface area contributed by atoms with Crippen LogP contribution >= 0.6 is 0 Å². The smallest absolute Gasteiger partial charge is 0.324 e. The van der Waals surface area contributed by atoms with Gasteiger partial charge in [0.15, 0.2) is 5.78 Å². The van der Waals surface area contributed by atoms with Crippen LogP contribution < -0.4 is 16.6 Å². The predicted octanol–water partition coefficient (Wildman–Crippen LogP) is 4.37. The number of Topliss-reactive ketones (excluding diaryl/α,β-unsaturated/α-hetero) is 1. The van der Waals surface area contributed by atoms with Crippen molar-refractivity contribution in [1.82, 2.24) is 19.0 Å². The number of amides is 2. The molecular weight excluding hydrogens is 482 g/mol. The first-order valence-electron chi connectivity index (χ1n) is 13.5. The highest BCUT2D eigenvalue weighted by Gasteiger charge is 2.27. The van der Waals surface area contributed by atoms with Gasteiger partial charge in [0.05, 0.1) is 10.9 Å². The molecule has 1 unspecified atom stereocenters. The number of rotatable bonds is 7. The summed E-state index contributed by atoms with van der Waals surface area (Å²) in [4.78, 5) is 58.3. The molecule has 0 radical (unpaired) electrons. The molecule has 2 aromatic heterocycles. The van der Waals surface area contributed by atoms with Crippen molar-refractivity contribution in [2.24, 2.45) is 11.8 Å². The Balaban J connectivity index is 1.33. The molecule has 1 saturated carbocycles. The van der Waals surface area contributed by atoms with E-state index in [1.165, 1.54) is 4.57 Å². The van der Waals surface area contributed by atoms with Crippen molar-refractivity contribution in [2.45, 2.75) is 65.5 Å². The number of hydrogen-bond acceptors (Lipinski definition) is 5. The standard InChI is InChI=1S/C29H35N5O4/c1-18(2)34-25-9-8-22(15-23(25)27(36)33(29(34)38)17-20-6-7-20)31-28(37)32-12-4-5-21(16-32)14-26(35)24-13-19(3)10-11-30-24/h8-11,13,15,18,20-21H,4-7,12,14,16-17H2,1-3H3,(H,31,37). The van der Waals surface area contributed by atoms with E-state index in [1.54, 1.807) is 39.9 Å². The number of urea groups is 1. The monoisotopic (exact) mass is 517 g/mol. The third kappa shape index (κ3) is 5.42. The number of nitrogens with one attached hydrogen (secondary N) is 1. The molecule has 1 saturated heterocycles. The lowest BCUT2D eigenvalue weighted by molar-refractivity contribution is 0.0926. The molecular formula is C29H35N5O4. The fraction of sp³-hybridized carbons (Fsp3) is 0.483. The number of fused-ring (bicyclic) bond motifs is 1. The van der Waals surface area contributed by atoms with Crippen LogP contribution in [0.25, 0.3) is 10.9 Å². The van der Waals surface area contributed by atoms with Gasteiger partial charge < -0.3 is 10.2 Å². The number of carbonyl (C=O) groups is 2. The van der Waals surface area contributed by atoms with Crippen molar-refractivity contribution in [3.8, 4) is 0 Å². The quantitative estimate of drug-likeness (QED) is 0.469. The molecule has 38 heavy (non-hydrogen) atoms. The van der Waals surface area contributed by atoms with E-state index in [4.69, 9.17) is 0 Å². The Labute approximate surface area is 221 Å². The van der Waals surface area contributed by atoms with Crippen molar-refractivity contribution in [3.05, 3.63) is 68.6 Å². The van der Waals surface area contributed by atoms with E-state index in [0.29, 0.717) is 54.3 Å². The van der Waals surface area contributed by atoms with Crippen LogP contribution in [0.5, 0.6) is 0 Å². The van der Waals surface area contributed by atoms with E-state index >= 15 is 0 Å². The van der Waals surface area contributed by atoms with Gasteiger partial charge >= 0.3 is 11.7 Å². The number of anilines is 1. The highest BCUT2D eigenvalue weighted by molar-refractivity contribution is 5.95. The zero-order valence-electron chi connectivity index (χ0n) is 22.3. The van der Waals surface area contributed by atoms with Gasteiger partial charge in [-0.1, -0.05) is 0 Å². The van der Waals surface area contributed by atoms with Crippen LogP contribution in [0.15, 0.2) is 46.1 Å². The van der Waals surface area contributed by atoms with E-state index in [-0.39, 0.29) is 35.0 Å². The van der Waals surface area contributed by atoms with Crippen LogP contribution in [0.4, 0.5) is 10.5 Å². The third-order valence-corrected chi connectivity index (χ3v) is 7.56. The second kappa shape index (κ2) is 10.6. The molecule has 0 spiro atoms. The maximum atomic E-state index is 13.3. The highest BCUT2D eigenvalue weighted by Crippen LogP contribution is 2.30. The van der Waals surface area contributed by atoms with Crippen LogP contribution in [-0.4, -0.2) is 43.9 Å². The lowest BCUT2D eigenvalue weighted by Gasteiger charge is -2.32. The Morgan fingerprint density at radius 2 is 1.87 bits per heavy atom. The van der Waals surface area contributed by atoms with E-state index in [0.717, 1.165) is 31.2 Å². The number of ketones is 1. The first-order chi connectivity index (χ1) is 18.2. The molecule has 1 aliphatic heterocycles. The topological polar surface area (TPSA) is 106 Å². The van der Waals surface area contributed by atoms with Gasteiger partial charge in [-0.15, -0.1) is 0 Å². The molecule has 1 aliphatic carbocycles. The zero-order valence-corrected chi connectivity index (χ0v) is 22.3. The highest BCUT2D eigenvalue weighted by atomic mass is 16.2. The fourth-order valence-corrected chi connectivity index (χ4v) is 5.35. The van der Waals surface area contributed by atoms with Crippen LogP contribution in [0, 0.1) is 18.8 Å². The number of likely N-dealkylation sites (tertiary alicyclic amines) is 1. The van der Waals surface area contributed by atoms with Gasteiger partial charge in [0, 0.05) is 44.0 Å². The summed E-state index contributed by atoms with van der Waals surface area (Å²) < 4.78 is 3.00. The van der Waals surface area contributed by atoms with E-state index in [9.17, 15) is 19.2 Å². The summed E-state index contributed by atoms with van der Waals surface area (Å²) in [7, 11) is 0. The summed E-state index contributed by atoms with van der Waals surface area (Å²) in [6.45, 7) is 7.31. The Morgan fingerprint density at radius 1 is 1.08 bits per heavy atom. The summed E-state index contributed by atoms with van der Waals surface area (Å²) in [6, 6.07) is 8.43. The van der Waals surface area contributed by atoms with Gasteiger partial charge in [0.2, 0.25) is 0 Å². The molecule has 1 atom stereocenters. The second-order valence-corrected chi connectivity index (χ2v) is 11.1. The minimum atomic E-state index is -0.314. The molecule has 0 bridgehead atoms. The summed E-state index contributed by atoms with van der Waals surface area (Å²) in [6.07, 6.45) is 5.76. The molecule has 2 aliphatic rings. The summed E-state index contributed by atoms with van der Waals surface area (Å²) in [5, 5.41) is 3.35. The number of aryl methyl sites for hydroxylation is 1. The molecule has 9 nitrogen and oxygen atoms in total. The summed E-state index contributed by atoms with van der Waals surface area (Å²) in [5.74, 6) is 0.437. The maximum Gasteiger partial charge on any atom is 0.331 e. The van der Waals surface area contributed by atoms with Crippen LogP contribution in [0.1, 0.15) is 68.0 Å². The van der Waals surface area contributed by atoms with Crippen LogP contribution in [0.3, 0.4) is 0 Å². The number of hydrogen-bond donors (Lipinski definition) is 1. The lowest BCUT2D eigenvalue weighted by atomic mass is 9.92. The van der Waals surface area contributed by atoms with E-state index in [1.807, 2.05) is 26.8 Å². The number of piperidine rings is 1. The van der Waals surface area contributed by atoms with Gasteiger partial charge in [0.25, 0.3) is 5.56 Å². The lowest BCUT2D eigenvalue weighted by Crippen LogP contribution is -2.43. The Bertz CT molecular complexity index is 1500. The van der Waals surface area contributed by atoms with Crippen molar-refractivity contribution in [3.63, 3.8) is 0 Å². The van der Waals surface area contributed by atoms with Crippen molar-refractivity contribution in [1.29, 1.82) is 0 Å². The second-order valence-electron chi connectivity index (χ2n) is 11.1. The average Bonchev–Trinajstić information content (AvgIpc) is 3.71. The fourth-order valence-electron chi connectivity index (χ4n) is 5.35. The molecule has 5 rings (SSSR count). The molecule has 3 aromatic rings. The van der Waals surface area contributed by atoms with Crippen LogP contribution in [-0.2, 0) is 6.54 Å².